The molecule has 8 nitrogen and oxygen atoms in total. The molecule has 3 rings (SSSR count). The Morgan fingerprint density at radius 2 is 1.86 bits per heavy atom. The molecule has 0 spiro atoms. The van der Waals surface area contributed by atoms with Crippen molar-refractivity contribution in [3.8, 4) is 17.2 Å². The molecular weight excluding hydrogens is 384 g/mol. The first-order valence-corrected chi connectivity index (χ1v) is 10.3. The third-order valence-corrected chi connectivity index (χ3v) is 5.56. The lowest BCUT2D eigenvalue weighted by atomic mass is 10.2. The number of hydrogen-bond donors (Lipinski definition) is 3. The second-order valence-electron chi connectivity index (χ2n) is 6.38. The predicted molar refractivity (Wildman–Crippen MR) is 103 cm³/mol. The summed E-state index contributed by atoms with van der Waals surface area (Å²) in [5, 5.41) is 12.4. The molecule has 0 unspecified atom stereocenters. The van der Waals surface area contributed by atoms with Crippen LogP contribution in [0.3, 0.4) is 0 Å². The van der Waals surface area contributed by atoms with Crippen LogP contribution in [-0.4, -0.2) is 39.2 Å². The molecule has 1 amide bonds. The van der Waals surface area contributed by atoms with Crippen LogP contribution in [0.2, 0.25) is 0 Å². The third kappa shape index (κ3) is 4.93. The van der Waals surface area contributed by atoms with Crippen LogP contribution in [0.5, 0.6) is 17.2 Å². The van der Waals surface area contributed by atoms with Crippen molar-refractivity contribution in [1.82, 2.24) is 4.72 Å². The first kappa shape index (κ1) is 20.0. The van der Waals surface area contributed by atoms with E-state index in [1.54, 1.807) is 18.2 Å². The summed E-state index contributed by atoms with van der Waals surface area (Å²) in [6, 6.07) is 9.27. The molecule has 28 heavy (non-hydrogen) atoms. The molecule has 0 fully saturated rings. The molecule has 2 aromatic rings. The van der Waals surface area contributed by atoms with E-state index in [2.05, 4.69) is 10.0 Å². The smallest absolute Gasteiger partial charge is 0.240 e. The van der Waals surface area contributed by atoms with E-state index >= 15 is 0 Å². The van der Waals surface area contributed by atoms with Crippen molar-refractivity contribution in [2.24, 2.45) is 0 Å². The lowest BCUT2D eigenvalue weighted by molar-refractivity contribution is -0.116. The molecule has 0 atom stereocenters. The number of rotatable bonds is 6. The van der Waals surface area contributed by atoms with E-state index in [0.29, 0.717) is 24.7 Å². The number of phenolic OH excluding ortho intramolecular Hbond substituents is 1. The average molecular weight is 406 g/mol. The quantitative estimate of drug-likeness (QED) is 0.634. The molecule has 150 valence electrons. The Kier molecular flexibility index (Phi) is 6.05. The predicted octanol–water partition coefficient (Wildman–Crippen LogP) is 2.17. The Morgan fingerprint density at radius 1 is 1.11 bits per heavy atom. The summed E-state index contributed by atoms with van der Waals surface area (Å²) in [5.41, 5.74) is 1.14. The van der Waals surface area contributed by atoms with Gasteiger partial charge in [-0.05, 0) is 36.8 Å². The largest absolute Gasteiger partial charge is 0.506 e. The number of nitrogens with one attached hydrogen (secondary N) is 2. The molecule has 0 saturated carbocycles. The van der Waals surface area contributed by atoms with Crippen LogP contribution in [0, 0.1) is 6.92 Å². The standard InChI is InChI=1S/C19H22N2O6S/c1-13-3-5-15(16(22)11-13)21-19(23)7-8-20-28(24,25)14-4-6-17-18(12-14)27-10-2-9-26-17/h3-6,11-12,20,22H,2,7-10H2,1H3,(H,21,23). The minimum Gasteiger partial charge on any atom is -0.506 e. The number of aromatic hydroxyl groups is 1. The van der Waals surface area contributed by atoms with Gasteiger partial charge in [-0.2, -0.15) is 0 Å². The summed E-state index contributed by atoms with van der Waals surface area (Å²) >= 11 is 0. The fourth-order valence-electron chi connectivity index (χ4n) is 2.65. The Hall–Kier alpha value is -2.78. The minimum atomic E-state index is -3.80. The van der Waals surface area contributed by atoms with E-state index in [9.17, 15) is 18.3 Å². The highest BCUT2D eigenvalue weighted by atomic mass is 32.2. The monoisotopic (exact) mass is 406 g/mol. The highest BCUT2D eigenvalue weighted by Gasteiger charge is 2.19. The number of aryl methyl sites for hydroxylation is 1. The van der Waals surface area contributed by atoms with Gasteiger partial charge in [0.1, 0.15) is 5.75 Å². The maximum atomic E-state index is 12.5. The summed E-state index contributed by atoms with van der Waals surface area (Å²) in [7, 11) is -3.80. The topological polar surface area (TPSA) is 114 Å². The number of fused-ring (bicyclic) bond motifs is 1. The molecule has 0 aliphatic carbocycles. The van der Waals surface area contributed by atoms with Crippen molar-refractivity contribution < 1.29 is 27.8 Å². The van der Waals surface area contributed by atoms with Crippen molar-refractivity contribution in [2.45, 2.75) is 24.7 Å². The molecule has 3 N–H and O–H groups in total. The first-order valence-electron chi connectivity index (χ1n) is 8.84. The van der Waals surface area contributed by atoms with E-state index in [0.717, 1.165) is 12.0 Å². The Bertz CT molecular complexity index is 974. The number of hydrogen-bond acceptors (Lipinski definition) is 6. The molecule has 0 bridgehead atoms. The average Bonchev–Trinajstić information content (AvgIpc) is 2.88. The number of carbonyl (C=O) groups excluding carboxylic acids is 1. The van der Waals surface area contributed by atoms with Gasteiger partial charge in [0.2, 0.25) is 15.9 Å². The highest BCUT2D eigenvalue weighted by Crippen LogP contribution is 2.31. The van der Waals surface area contributed by atoms with Crippen LogP contribution in [0.4, 0.5) is 5.69 Å². The molecule has 0 radical (unpaired) electrons. The van der Waals surface area contributed by atoms with Crippen LogP contribution in [0.1, 0.15) is 18.4 Å². The third-order valence-electron chi connectivity index (χ3n) is 4.10. The van der Waals surface area contributed by atoms with E-state index < -0.39 is 15.9 Å². The van der Waals surface area contributed by atoms with Crippen molar-refractivity contribution in [2.75, 3.05) is 25.1 Å². The number of phenols is 1. The molecular formula is C19H22N2O6S. The zero-order valence-electron chi connectivity index (χ0n) is 15.4. The van der Waals surface area contributed by atoms with Gasteiger partial charge >= 0.3 is 0 Å². The van der Waals surface area contributed by atoms with Gasteiger partial charge in [0.25, 0.3) is 0 Å². The molecule has 2 aromatic carbocycles. The number of ether oxygens (including phenoxy) is 2. The Labute approximate surface area is 163 Å². The molecule has 1 heterocycles. The fourth-order valence-corrected chi connectivity index (χ4v) is 3.70. The minimum absolute atomic E-state index is 0.0355. The van der Waals surface area contributed by atoms with Crippen LogP contribution in [0.25, 0.3) is 0 Å². The summed E-state index contributed by atoms with van der Waals surface area (Å²) in [4.78, 5) is 12.0. The van der Waals surface area contributed by atoms with Gasteiger partial charge in [0.05, 0.1) is 23.8 Å². The van der Waals surface area contributed by atoms with Crippen LogP contribution >= 0.6 is 0 Å². The van der Waals surface area contributed by atoms with Crippen molar-refractivity contribution in [3.63, 3.8) is 0 Å². The van der Waals surface area contributed by atoms with Gasteiger partial charge in [-0.25, -0.2) is 13.1 Å². The van der Waals surface area contributed by atoms with Gasteiger partial charge in [0, 0.05) is 25.5 Å². The first-order chi connectivity index (χ1) is 13.3. The number of benzene rings is 2. The molecule has 0 saturated heterocycles. The summed E-state index contributed by atoms with van der Waals surface area (Å²) < 4.78 is 38.3. The van der Waals surface area contributed by atoms with E-state index in [4.69, 9.17) is 9.47 Å². The SMILES string of the molecule is Cc1ccc(NC(=O)CCNS(=O)(=O)c2ccc3c(c2)OCCCO3)c(O)c1. The molecule has 0 aromatic heterocycles. The maximum absolute atomic E-state index is 12.5. The van der Waals surface area contributed by atoms with Gasteiger partial charge in [-0.3, -0.25) is 4.79 Å². The Morgan fingerprint density at radius 3 is 2.61 bits per heavy atom. The number of anilines is 1. The number of sulfonamides is 1. The van der Waals surface area contributed by atoms with Crippen molar-refractivity contribution in [1.29, 1.82) is 0 Å². The zero-order valence-corrected chi connectivity index (χ0v) is 16.2. The van der Waals surface area contributed by atoms with Crippen LogP contribution < -0.4 is 19.5 Å². The summed E-state index contributed by atoms with van der Waals surface area (Å²) in [5.74, 6) is 0.434. The van der Waals surface area contributed by atoms with Crippen LogP contribution in [0.15, 0.2) is 41.3 Å². The molecule has 1 aliphatic heterocycles. The zero-order chi connectivity index (χ0) is 20.1. The van der Waals surface area contributed by atoms with E-state index in [1.807, 2.05) is 6.92 Å². The van der Waals surface area contributed by atoms with Gasteiger partial charge in [-0.15, -0.1) is 0 Å². The summed E-state index contributed by atoms with van der Waals surface area (Å²) in [6.45, 7) is 2.70. The van der Waals surface area contributed by atoms with E-state index in [1.165, 1.54) is 18.2 Å². The second kappa shape index (κ2) is 8.49. The van der Waals surface area contributed by atoms with Crippen molar-refractivity contribution in [3.05, 3.63) is 42.0 Å². The van der Waals surface area contributed by atoms with Gasteiger partial charge in [0.15, 0.2) is 11.5 Å². The molecule has 1 aliphatic rings. The lowest BCUT2D eigenvalue weighted by Gasteiger charge is -2.11. The van der Waals surface area contributed by atoms with Gasteiger partial charge < -0.3 is 19.9 Å². The normalized spacial score (nSPS) is 13.6. The fraction of sp³-hybridized carbons (Fsp3) is 0.316. The highest BCUT2D eigenvalue weighted by molar-refractivity contribution is 7.89. The summed E-state index contributed by atoms with van der Waals surface area (Å²) in [6.07, 6.45) is 0.637. The van der Waals surface area contributed by atoms with E-state index in [-0.39, 0.29) is 29.3 Å². The Balaban J connectivity index is 1.57. The lowest BCUT2D eigenvalue weighted by Crippen LogP contribution is -2.27. The van der Waals surface area contributed by atoms with Gasteiger partial charge in [-0.1, -0.05) is 6.07 Å². The van der Waals surface area contributed by atoms with Crippen molar-refractivity contribution >= 4 is 21.6 Å². The number of carbonyl (C=O) groups is 1. The maximum Gasteiger partial charge on any atom is 0.240 e. The van der Waals surface area contributed by atoms with Crippen LogP contribution in [-0.2, 0) is 14.8 Å². The second-order valence-corrected chi connectivity index (χ2v) is 8.14. The number of amides is 1. The molecule has 9 heteroatoms.